The molecule has 0 unspecified atom stereocenters. The molecule has 0 aliphatic carbocycles. The van der Waals surface area contributed by atoms with E-state index in [1.807, 2.05) is 6.07 Å². The Labute approximate surface area is 125 Å². The van der Waals surface area contributed by atoms with E-state index in [9.17, 15) is 4.39 Å². The van der Waals surface area contributed by atoms with Crippen LogP contribution < -0.4 is 5.73 Å². The highest BCUT2D eigenvalue weighted by molar-refractivity contribution is 7.16. The Morgan fingerprint density at radius 2 is 2.14 bits per heavy atom. The number of nitrogens with two attached hydrogens (primary N) is 1. The number of thiophene rings is 1. The van der Waals surface area contributed by atoms with E-state index in [2.05, 4.69) is 17.1 Å². The summed E-state index contributed by atoms with van der Waals surface area (Å²) in [5, 5.41) is 4.56. The van der Waals surface area contributed by atoms with Gasteiger partial charge in [0.05, 0.1) is 10.6 Å². The molecule has 0 atom stereocenters. The van der Waals surface area contributed by atoms with Crippen molar-refractivity contribution in [1.29, 1.82) is 0 Å². The molecule has 0 saturated heterocycles. The molecule has 0 spiro atoms. The minimum atomic E-state index is -0.290. The second-order valence-corrected chi connectivity index (χ2v) is 5.90. The smallest absolute Gasteiger partial charge is 0.261 e. The maximum Gasteiger partial charge on any atom is 0.261 e. The van der Waals surface area contributed by atoms with Gasteiger partial charge >= 0.3 is 0 Å². The lowest BCUT2D eigenvalue weighted by Crippen LogP contribution is -1.86. The number of hydrogen-bond donors (Lipinski definition) is 1. The second kappa shape index (κ2) is 5.29. The molecule has 0 bridgehead atoms. The average Bonchev–Trinajstić information content (AvgIpc) is 3.08. The zero-order valence-electron chi connectivity index (χ0n) is 11.7. The summed E-state index contributed by atoms with van der Waals surface area (Å²) in [5.74, 6) is 0.425. The predicted octanol–water partition coefficient (Wildman–Crippen LogP) is 4.06. The van der Waals surface area contributed by atoms with Crippen LogP contribution in [0.25, 0.3) is 22.8 Å². The van der Waals surface area contributed by atoms with E-state index in [1.165, 1.54) is 17.4 Å². The number of halogens is 1. The van der Waals surface area contributed by atoms with E-state index in [1.54, 1.807) is 19.1 Å². The Morgan fingerprint density at radius 3 is 2.81 bits per heavy atom. The molecule has 0 saturated carbocycles. The first kappa shape index (κ1) is 13.8. The van der Waals surface area contributed by atoms with Crippen LogP contribution in [0.5, 0.6) is 0 Å². The molecule has 0 fully saturated rings. The van der Waals surface area contributed by atoms with Crippen LogP contribution in [0.2, 0.25) is 0 Å². The van der Waals surface area contributed by atoms with Gasteiger partial charge in [-0.05, 0) is 31.0 Å². The summed E-state index contributed by atoms with van der Waals surface area (Å²) >= 11 is 1.51. The third-order valence-electron chi connectivity index (χ3n) is 3.25. The lowest BCUT2D eigenvalue weighted by molar-refractivity contribution is 0.432. The summed E-state index contributed by atoms with van der Waals surface area (Å²) in [6.45, 7) is 3.77. The average molecular weight is 303 g/mol. The fourth-order valence-electron chi connectivity index (χ4n) is 1.98. The number of rotatable bonds is 3. The van der Waals surface area contributed by atoms with Gasteiger partial charge in [0.2, 0.25) is 5.82 Å². The molecular weight excluding hydrogens is 289 g/mol. The van der Waals surface area contributed by atoms with Crippen molar-refractivity contribution in [1.82, 2.24) is 10.1 Å². The Bertz CT molecular complexity index is 794. The highest BCUT2D eigenvalue weighted by Gasteiger charge is 2.16. The first-order valence-corrected chi connectivity index (χ1v) is 7.39. The third kappa shape index (κ3) is 2.54. The van der Waals surface area contributed by atoms with E-state index in [-0.39, 0.29) is 5.82 Å². The van der Waals surface area contributed by atoms with Gasteiger partial charge in [0.15, 0.2) is 0 Å². The minimum Gasteiger partial charge on any atom is -0.390 e. The number of nitrogen functional groups attached to an aromatic ring is 1. The zero-order chi connectivity index (χ0) is 15.0. The van der Waals surface area contributed by atoms with Gasteiger partial charge in [0.25, 0.3) is 5.89 Å². The molecular formula is C15H14FN3OS. The zero-order valence-corrected chi connectivity index (χ0v) is 12.5. The lowest BCUT2D eigenvalue weighted by atomic mass is 10.1. The van der Waals surface area contributed by atoms with Crippen molar-refractivity contribution in [3.63, 3.8) is 0 Å². The SMILES string of the molecule is CCc1cc(-c2nc(-c3ccc(C)c(F)c3)no2)c(N)s1. The minimum absolute atomic E-state index is 0.290. The highest BCUT2D eigenvalue weighted by atomic mass is 32.1. The van der Waals surface area contributed by atoms with Crippen LogP contribution >= 0.6 is 11.3 Å². The Hall–Kier alpha value is -2.21. The summed E-state index contributed by atoms with van der Waals surface area (Å²) in [4.78, 5) is 5.47. The molecule has 0 radical (unpaired) electrons. The van der Waals surface area contributed by atoms with Crippen LogP contribution in [0.4, 0.5) is 9.39 Å². The fraction of sp³-hybridized carbons (Fsp3) is 0.200. The van der Waals surface area contributed by atoms with Gasteiger partial charge in [-0.1, -0.05) is 24.2 Å². The molecule has 2 aromatic heterocycles. The van der Waals surface area contributed by atoms with Crippen LogP contribution in [-0.2, 0) is 6.42 Å². The maximum atomic E-state index is 13.6. The molecule has 0 aliphatic rings. The summed E-state index contributed by atoms with van der Waals surface area (Å²) in [6, 6.07) is 6.81. The van der Waals surface area contributed by atoms with Gasteiger partial charge in [-0.25, -0.2) is 4.39 Å². The van der Waals surface area contributed by atoms with Crippen molar-refractivity contribution in [2.75, 3.05) is 5.73 Å². The van der Waals surface area contributed by atoms with Gasteiger partial charge in [0.1, 0.15) is 5.82 Å². The van der Waals surface area contributed by atoms with Gasteiger partial charge < -0.3 is 10.3 Å². The molecule has 2 N–H and O–H groups in total. The molecule has 3 rings (SSSR count). The highest BCUT2D eigenvalue weighted by Crippen LogP contribution is 2.34. The fourth-order valence-corrected chi connectivity index (χ4v) is 2.84. The Kier molecular flexibility index (Phi) is 3.47. The number of aryl methyl sites for hydroxylation is 2. The van der Waals surface area contributed by atoms with Crippen LogP contribution in [-0.4, -0.2) is 10.1 Å². The molecule has 3 aromatic rings. The van der Waals surface area contributed by atoms with Crippen molar-refractivity contribution in [2.24, 2.45) is 0 Å². The summed E-state index contributed by atoms with van der Waals surface area (Å²) in [7, 11) is 0. The standard InChI is InChI=1S/C15H14FN3OS/c1-3-10-7-11(13(17)21-10)15-18-14(19-20-15)9-5-4-8(2)12(16)6-9/h4-7H,3,17H2,1-2H3. The van der Waals surface area contributed by atoms with Gasteiger partial charge in [-0.3, -0.25) is 0 Å². The second-order valence-electron chi connectivity index (χ2n) is 4.73. The van der Waals surface area contributed by atoms with Crippen LogP contribution in [0.15, 0.2) is 28.8 Å². The topological polar surface area (TPSA) is 64.9 Å². The number of anilines is 1. The molecule has 0 amide bonds. The Morgan fingerprint density at radius 1 is 1.33 bits per heavy atom. The van der Waals surface area contributed by atoms with Crippen molar-refractivity contribution in [3.05, 3.63) is 40.5 Å². The molecule has 21 heavy (non-hydrogen) atoms. The molecule has 4 nitrogen and oxygen atoms in total. The van der Waals surface area contributed by atoms with E-state index < -0.39 is 0 Å². The van der Waals surface area contributed by atoms with Crippen molar-refractivity contribution < 1.29 is 8.91 Å². The Balaban J connectivity index is 1.99. The monoisotopic (exact) mass is 303 g/mol. The lowest BCUT2D eigenvalue weighted by Gasteiger charge is -1.97. The van der Waals surface area contributed by atoms with E-state index in [0.717, 1.165) is 16.9 Å². The van der Waals surface area contributed by atoms with E-state index >= 15 is 0 Å². The number of nitrogens with zero attached hydrogens (tertiary/aromatic N) is 2. The summed E-state index contributed by atoms with van der Waals surface area (Å²) < 4.78 is 18.9. The first-order chi connectivity index (χ1) is 10.1. The molecule has 0 aliphatic heterocycles. The van der Waals surface area contributed by atoms with Crippen molar-refractivity contribution in [2.45, 2.75) is 20.3 Å². The van der Waals surface area contributed by atoms with Crippen LogP contribution in [0.3, 0.4) is 0 Å². The summed E-state index contributed by atoms with van der Waals surface area (Å²) in [5.41, 5.74) is 7.87. The molecule has 108 valence electrons. The van der Waals surface area contributed by atoms with Crippen molar-refractivity contribution in [3.8, 4) is 22.8 Å². The largest absolute Gasteiger partial charge is 0.390 e. The number of hydrogen-bond acceptors (Lipinski definition) is 5. The quantitative estimate of drug-likeness (QED) is 0.792. The normalized spacial score (nSPS) is 11.0. The molecule has 6 heteroatoms. The molecule has 1 aromatic carbocycles. The van der Waals surface area contributed by atoms with Crippen molar-refractivity contribution >= 4 is 16.3 Å². The maximum absolute atomic E-state index is 13.6. The van der Waals surface area contributed by atoms with Gasteiger partial charge in [-0.15, -0.1) is 11.3 Å². The number of aromatic nitrogens is 2. The van der Waals surface area contributed by atoms with Gasteiger partial charge in [0, 0.05) is 10.4 Å². The summed E-state index contributed by atoms with van der Waals surface area (Å²) in [6.07, 6.45) is 0.902. The third-order valence-corrected chi connectivity index (χ3v) is 4.36. The van der Waals surface area contributed by atoms with Crippen LogP contribution in [0, 0.1) is 12.7 Å². The van der Waals surface area contributed by atoms with Gasteiger partial charge in [-0.2, -0.15) is 4.98 Å². The molecule has 2 heterocycles. The number of benzene rings is 1. The first-order valence-electron chi connectivity index (χ1n) is 6.57. The van der Waals surface area contributed by atoms with E-state index in [0.29, 0.717) is 27.8 Å². The predicted molar refractivity (Wildman–Crippen MR) is 81.5 cm³/mol. The van der Waals surface area contributed by atoms with E-state index in [4.69, 9.17) is 10.3 Å². The van der Waals surface area contributed by atoms with Crippen LogP contribution in [0.1, 0.15) is 17.4 Å².